The lowest BCUT2D eigenvalue weighted by molar-refractivity contribution is 0.415. The van der Waals surface area contributed by atoms with Gasteiger partial charge in [-0.05, 0) is 30.2 Å². The summed E-state index contributed by atoms with van der Waals surface area (Å²) in [5.74, 6) is 0.568. The number of rotatable bonds is 3. The maximum Gasteiger partial charge on any atom is 0.138 e. The highest BCUT2D eigenvalue weighted by atomic mass is 35.5. The summed E-state index contributed by atoms with van der Waals surface area (Å²) in [6.45, 7) is 1.95. The average Bonchev–Trinajstić information content (AvgIpc) is 2.41. The molecule has 0 spiro atoms. The Kier molecular flexibility index (Phi) is 4.35. The summed E-state index contributed by atoms with van der Waals surface area (Å²) in [6, 6.07) is 11.5. The van der Waals surface area contributed by atoms with E-state index in [4.69, 9.17) is 33.7 Å². The van der Waals surface area contributed by atoms with Crippen LogP contribution in [0.3, 0.4) is 0 Å². The highest BCUT2D eigenvalue weighted by Crippen LogP contribution is 2.37. The minimum Gasteiger partial charge on any atom is -0.495 e. The Hall–Kier alpha value is -1.22. The molecule has 0 heterocycles. The monoisotopic (exact) mass is 295 g/mol. The summed E-state index contributed by atoms with van der Waals surface area (Å²) in [5, 5.41) is 1.14. The van der Waals surface area contributed by atoms with Gasteiger partial charge in [-0.15, -0.1) is 0 Å². The molecule has 0 saturated carbocycles. The first-order chi connectivity index (χ1) is 9.02. The first kappa shape index (κ1) is 14.2. The maximum atomic E-state index is 6.28. The Labute approximate surface area is 123 Å². The average molecular weight is 296 g/mol. The Morgan fingerprint density at radius 3 is 2.47 bits per heavy atom. The van der Waals surface area contributed by atoms with Crippen LogP contribution in [0.25, 0.3) is 11.1 Å². The second kappa shape index (κ2) is 5.83. The lowest BCUT2D eigenvalue weighted by Gasteiger charge is -2.11. The molecule has 0 radical (unpaired) electrons. The van der Waals surface area contributed by atoms with Gasteiger partial charge in [0, 0.05) is 17.7 Å². The van der Waals surface area contributed by atoms with Gasteiger partial charge in [-0.3, -0.25) is 0 Å². The van der Waals surface area contributed by atoms with Crippen LogP contribution in [0.5, 0.6) is 5.75 Å². The number of nitrogens with two attached hydrogens (primary N) is 1. The fraction of sp³-hybridized carbons (Fsp3) is 0.200. The van der Waals surface area contributed by atoms with Crippen molar-refractivity contribution in [3.63, 3.8) is 0 Å². The van der Waals surface area contributed by atoms with Gasteiger partial charge >= 0.3 is 0 Å². The fourth-order valence-electron chi connectivity index (χ4n) is 1.90. The smallest absolute Gasteiger partial charge is 0.138 e. The van der Waals surface area contributed by atoms with E-state index in [1.165, 1.54) is 0 Å². The largest absolute Gasteiger partial charge is 0.495 e. The lowest BCUT2D eigenvalue weighted by Crippen LogP contribution is -2.04. The number of hydrogen-bond acceptors (Lipinski definition) is 2. The van der Waals surface area contributed by atoms with Crippen LogP contribution in [-0.4, -0.2) is 7.11 Å². The molecule has 100 valence electrons. The summed E-state index contributed by atoms with van der Waals surface area (Å²) in [6.07, 6.45) is 0. The van der Waals surface area contributed by atoms with Crippen molar-refractivity contribution < 1.29 is 4.74 Å². The third-order valence-corrected chi connectivity index (χ3v) is 3.57. The van der Waals surface area contributed by atoms with Crippen molar-refractivity contribution in [2.45, 2.75) is 13.0 Å². The zero-order valence-electron chi connectivity index (χ0n) is 10.8. The number of ether oxygens (including phenoxy) is 1. The normalized spacial score (nSPS) is 12.3. The molecule has 2 rings (SSSR count). The van der Waals surface area contributed by atoms with E-state index < -0.39 is 0 Å². The molecule has 19 heavy (non-hydrogen) atoms. The van der Waals surface area contributed by atoms with Gasteiger partial charge in [-0.1, -0.05) is 41.4 Å². The van der Waals surface area contributed by atoms with Gasteiger partial charge in [-0.25, -0.2) is 0 Å². The van der Waals surface area contributed by atoms with Gasteiger partial charge in [0.15, 0.2) is 0 Å². The van der Waals surface area contributed by atoms with Gasteiger partial charge in [0.25, 0.3) is 0 Å². The van der Waals surface area contributed by atoms with E-state index in [9.17, 15) is 0 Å². The Balaban J connectivity index is 2.53. The molecule has 1 atom stereocenters. The number of halogens is 2. The van der Waals surface area contributed by atoms with Crippen LogP contribution < -0.4 is 10.5 Å². The number of methoxy groups -OCH3 is 1. The molecule has 2 aromatic carbocycles. The predicted octanol–water partition coefficient (Wildman–Crippen LogP) is 4.69. The van der Waals surface area contributed by atoms with E-state index in [-0.39, 0.29) is 6.04 Å². The third kappa shape index (κ3) is 3.03. The van der Waals surface area contributed by atoms with Crippen molar-refractivity contribution in [2.75, 3.05) is 7.11 Å². The Morgan fingerprint density at radius 2 is 1.84 bits per heavy atom. The quantitative estimate of drug-likeness (QED) is 0.891. The molecule has 0 amide bonds. The molecule has 0 aromatic heterocycles. The zero-order valence-corrected chi connectivity index (χ0v) is 12.3. The van der Waals surface area contributed by atoms with Crippen LogP contribution in [0, 0.1) is 0 Å². The molecule has 2 aromatic rings. The van der Waals surface area contributed by atoms with Crippen LogP contribution in [0.1, 0.15) is 18.5 Å². The minimum absolute atomic E-state index is 0.0209. The van der Waals surface area contributed by atoms with Gasteiger partial charge < -0.3 is 10.5 Å². The van der Waals surface area contributed by atoms with Crippen LogP contribution in [0.2, 0.25) is 10.0 Å². The molecule has 2 N–H and O–H groups in total. The predicted molar refractivity (Wildman–Crippen MR) is 81.1 cm³/mol. The van der Waals surface area contributed by atoms with Crippen molar-refractivity contribution in [3.05, 3.63) is 52.0 Å². The first-order valence-electron chi connectivity index (χ1n) is 5.92. The first-order valence-corrected chi connectivity index (χ1v) is 6.67. The van der Waals surface area contributed by atoms with E-state index in [1.54, 1.807) is 13.2 Å². The standard InChI is InChI=1S/C15H15Cl2NO/c1-9(18)10-4-3-5-11(6-10)12-7-14(17)15(19-2)8-13(12)16/h3-9H,18H2,1-2H3. The summed E-state index contributed by atoms with van der Waals surface area (Å²) >= 11 is 12.4. The van der Waals surface area contributed by atoms with Gasteiger partial charge in [0.1, 0.15) is 5.75 Å². The van der Waals surface area contributed by atoms with Gasteiger partial charge in [0.05, 0.1) is 17.2 Å². The minimum atomic E-state index is -0.0209. The Morgan fingerprint density at radius 1 is 1.11 bits per heavy atom. The maximum absolute atomic E-state index is 6.28. The van der Waals surface area contributed by atoms with Crippen molar-refractivity contribution in [3.8, 4) is 16.9 Å². The van der Waals surface area contributed by atoms with Crippen molar-refractivity contribution in [2.24, 2.45) is 5.73 Å². The molecule has 2 nitrogen and oxygen atoms in total. The zero-order chi connectivity index (χ0) is 14.0. The summed E-state index contributed by atoms with van der Waals surface area (Å²) < 4.78 is 5.14. The van der Waals surface area contributed by atoms with Gasteiger partial charge in [-0.2, -0.15) is 0 Å². The Bertz CT molecular complexity index is 597. The highest BCUT2D eigenvalue weighted by Gasteiger charge is 2.10. The SMILES string of the molecule is COc1cc(Cl)c(-c2cccc(C(C)N)c2)cc1Cl. The van der Waals surface area contributed by atoms with Crippen LogP contribution in [0.4, 0.5) is 0 Å². The van der Waals surface area contributed by atoms with Crippen LogP contribution in [0.15, 0.2) is 36.4 Å². The number of benzene rings is 2. The molecule has 0 bridgehead atoms. The van der Waals surface area contributed by atoms with E-state index in [0.717, 1.165) is 16.7 Å². The summed E-state index contributed by atoms with van der Waals surface area (Å²) in [7, 11) is 1.56. The van der Waals surface area contributed by atoms with Crippen molar-refractivity contribution in [1.82, 2.24) is 0 Å². The lowest BCUT2D eigenvalue weighted by atomic mass is 10.0. The topological polar surface area (TPSA) is 35.2 Å². The summed E-state index contributed by atoms with van der Waals surface area (Å²) in [5.41, 5.74) is 8.81. The van der Waals surface area contributed by atoms with E-state index >= 15 is 0 Å². The molecule has 0 aliphatic carbocycles. The second-order valence-corrected chi connectivity index (χ2v) is 5.20. The molecule has 0 aliphatic heterocycles. The molecule has 1 unspecified atom stereocenters. The van der Waals surface area contributed by atoms with Crippen molar-refractivity contribution >= 4 is 23.2 Å². The molecular formula is C15H15Cl2NO. The van der Waals surface area contributed by atoms with Crippen LogP contribution >= 0.6 is 23.2 Å². The highest BCUT2D eigenvalue weighted by molar-refractivity contribution is 6.36. The fourth-order valence-corrected chi connectivity index (χ4v) is 2.40. The van der Waals surface area contributed by atoms with Crippen molar-refractivity contribution in [1.29, 1.82) is 0 Å². The number of hydrogen-bond donors (Lipinski definition) is 1. The molecule has 0 saturated heterocycles. The molecular weight excluding hydrogens is 281 g/mol. The van der Waals surface area contributed by atoms with E-state index in [2.05, 4.69) is 0 Å². The third-order valence-electron chi connectivity index (χ3n) is 2.96. The second-order valence-electron chi connectivity index (χ2n) is 4.38. The molecule has 0 fully saturated rings. The van der Waals surface area contributed by atoms with Crippen LogP contribution in [-0.2, 0) is 0 Å². The van der Waals surface area contributed by atoms with E-state index in [0.29, 0.717) is 15.8 Å². The summed E-state index contributed by atoms with van der Waals surface area (Å²) in [4.78, 5) is 0. The molecule has 4 heteroatoms. The molecule has 0 aliphatic rings. The van der Waals surface area contributed by atoms with E-state index in [1.807, 2.05) is 37.3 Å². The van der Waals surface area contributed by atoms with Gasteiger partial charge in [0.2, 0.25) is 0 Å².